The first kappa shape index (κ1) is 65.6. The zero-order valence-electron chi connectivity index (χ0n) is 44.3. The molecule has 406 valence electrons. The fraction of sp³-hybridized carbons (Fsp3) is 0.541. The number of hydrogen-bond donors (Lipinski definition) is 3. The molecule has 3 N–H and O–H groups in total. The summed E-state index contributed by atoms with van der Waals surface area (Å²) in [6.45, 7) is 5.47. The molecule has 12 heteroatoms. The predicted molar refractivity (Wildman–Crippen MR) is 293 cm³/mol. The van der Waals surface area contributed by atoms with E-state index in [0.29, 0.717) is 25.7 Å². The molecular formula is C61H90O12. The molecule has 73 heavy (non-hydrogen) atoms. The number of allylic oxidation sites excluding steroid dienone is 23. The molecule has 1 aliphatic heterocycles. The molecule has 12 nitrogen and oxygen atoms in total. The highest BCUT2D eigenvalue weighted by Gasteiger charge is 2.50. The second-order valence-electron chi connectivity index (χ2n) is 17.4. The predicted octanol–water partition coefficient (Wildman–Crippen LogP) is 13.2. The minimum absolute atomic E-state index is 0.0339. The van der Waals surface area contributed by atoms with Gasteiger partial charge in [0, 0.05) is 12.8 Å². The Morgan fingerprint density at radius 1 is 0.466 bits per heavy atom. The van der Waals surface area contributed by atoms with Crippen LogP contribution in [0, 0.1) is 0 Å². The second kappa shape index (κ2) is 47.6. The third kappa shape index (κ3) is 37.9. The number of carbonyl (C=O) groups excluding carboxylic acids is 3. The van der Waals surface area contributed by atoms with Gasteiger partial charge < -0.3 is 39.0 Å². The minimum atomic E-state index is -1.95. The van der Waals surface area contributed by atoms with Gasteiger partial charge in [0.05, 0.1) is 13.0 Å². The highest BCUT2D eigenvalue weighted by molar-refractivity contribution is 5.74. The summed E-state index contributed by atoms with van der Waals surface area (Å²) in [5.74, 6) is -3.45. The lowest BCUT2D eigenvalue weighted by molar-refractivity contribution is -0.301. The van der Waals surface area contributed by atoms with Crippen LogP contribution in [0.15, 0.2) is 146 Å². The maximum Gasteiger partial charge on any atom is 0.335 e. The van der Waals surface area contributed by atoms with Crippen molar-refractivity contribution in [3.05, 3.63) is 146 Å². The quantitative estimate of drug-likeness (QED) is 0.0229. The van der Waals surface area contributed by atoms with Crippen molar-refractivity contribution in [2.24, 2.45) is 0 Å². The molecule has 0 aromatic rings. The van der Waals surface area contributed by atoms with Crippen molar-refractivity contribution >= 4 is 23.9 Å². The maximum absolute atomic E-state index is 13.1. The zero-order valence-corrected chi connectivity index (χ0v) is 44.3. The Morgan fingerprint density at radius 2 is 0.890 bits per heavy atom. The van der Waals surface area contributed by atoms with Crippen LogP contribution in [0.4, 0.5) is 0 Å². The van der Waals surface area contributed by atoms with Gasteiger partial charge in [-0.25, -0.2) is 4.79 Å². The Balaban J connectivity index is 2.84. The summed E-state index contributed by atoms with van der Waals surface area (Å²) < 4.78 is 28.1. The van der Waals surface area contributed by atoms with Crippen LogP contribution in [0.1, 0.15) is 162 Å². The molecular weight excluding hydrogens is 925 g/mol. The lowest BCUT2D eigenvalue weighted by Crippen LogP contribution is -2.61. The number of esters is 3. The number of hydrogen-bond acceptors (Lipinski definition) is 11. The molecule has 1 heterocycles. The van der Waals surface area contributed by atoms with Crippen LogP contribution in [0.5, 0.6) is 0 Å². The molecule has 0 aromatic heterocycles. The van der Waals surface area contributed by atoms with Crippen molar-refractivity contribution in [2.75, 3.05) is 13.2 Å². The van der Waals surface area contributed by atoms with Gasteiger partial charge in [-0.15, -0.1) is 0 Å². The highest BCUT2D eigenvalue weighted by atomic mass is 16.7. The van der Waals surface area contributed by atoms with E-state index in [1.54, 1.807) is 6.08 Å². The van der Waals surface area contributed by atoms with E-state index in [9.17, 15) is 34.5 Å². The molecule has 6 unspecified atom stereocenters. The Labute approximate surface area is 438 Å². The van der Waals surface area contributed by atoms with E-state index in [-0.39, 0.29) is 19.3 Å². The first-order valence-corrected chi connectivity index (χ1v) is 26.8. The van der Waals surface area contributed by atoms with Gasteiger partial charge in [0.25, 0.3) is 0 Å². The molecule has 1 fully saturated rings. The van der Waals surface area contributed by atoms with Gasteiger partial charge in [0.2, 0.25) is 0 Å². The molecule has 0 aromatic carbocycles. The van der Waals surface area contributed by atoms with Crippen LogP contribution in [0.3, 0.4) is 0 Å². The number of ether oxygens (including phenoxy) is 5. The molecule has 0 radical (unpaired) electrons. The fourth-order valence-corrected chi connectivity index (χ4v) is 6.94. The van der Waals surface area contributed by atoms with Gasteiger partial charge in [-0.2, -0.15) is 0 Å². The smallest absolute Gasteiger partial charge is 0.335 e. The van der Waals surface area contributed by atoms with Crippen LogP contribution < -0.4 is 0 Å². The molecule has 0 spiro atoms. The molecule has 0 saturated carbocycles. The van der Waals surface area contributed by atoms with Gasteiger partial charge in [0.15, 0.2) is 24.6 Å². The zero-order chi connectivity index (χ0) is 53.3. The van der Waals surface area contributed by atoms with Gasteiger partial charge in [-0.05, 0) is 103 Å². The summed E-state index contributed by atoms with van der Waals surface area (Å²) in [7, 11) is 0. The molecule has 1 rings (SSSR count). The molecule has 1 saturated heterocycles. The largest absolute Gasteiger partial charge is 0.479 e. The van der Waals surface area contributed by atoms with Crippen molar-refractivity contribution in [2.45, 2.75) is 199 Å². The van der Waals surface area contributed by atoms with Gasteiger partial charge >= 0.3 is 23.9 Å². The lowest BCUT2D eigenvalue weighted by Gasteiger charge is -2.40. The number of carboxylic acids is 1. The average Bonchev–Trinajstić information content (AvgIpc) is 3.37. The highest BCUT2D eigenvalue weighted by Crippen LogP contribution is 2.26. The number of rotatable bonds is 42. The molecule has 0 bridgehead atoms. The van der Waals surface area contributed by atoms with Crippen LogP contribution in [0.2, 0.25) is 0 Å². The number of carbonyl (C=O) groups is 4. The Hall–Kier alpha value is -5.40. The Morgan fingerprint density at radius 3 is 1.37 bits per heavy atom. The first-order valence-electron chi connectivity index (χ1n) is 26.8. The van der Waals surface area contributed by atoms with Gasteiger partial charge in [0.1, 0.15) is 18.8 Å². The SMILES string of the molecule is CC/C=C\C/C=C\C/C=C\C/C=C\C/C=C\CC(=O)OCC(COC1OC(C(=O)O)C(O)C(O)C1OC(=O)CC/C=C\C/C=C\C/C=C\C/C=C\CC)OC(=O)CCCCCCC/C=C\C/C=C\C/C=C\CC. The summed E-state index contributed by atoms with van der Waals surface area (Å²) in [5, 5.41) is 31.3. The number of unbranched alkanes of at least 4 members (excludes halogenated alkanes) is 5. The maximum atomic E-state index is 13.1. The number of aliphatic carboxylic acids is 1. The lowest BCUT2D eigenvalue weighted by atomic mass is 9.98. The van der Waals surface area contributed by atoms with Crippen molar-refractivity contribution in [3.8, 4) is 0 Å². The van der Waals surface area contributed by atoms with E-state index < -0.39 is 73.9 Å². The van der Waals surface area contributed by atoms with Crippen LogP contribution >= 0.6 is 0 Å². The van der Waals surface area contributed by atoms with Crippen LogP contribution in [-0.4, -0.2) is 89.2 Å². The summed E-state index contributed by atoms with van der Waals surface area (Å²) in [4.78, 5) is 50.8. The third-order valence-corrected chi connectivity index (χ3v) is 10.9. The van der Waals surface area contributed by atoms with Crippen LogP contribution in [0.25, 0.3) is 0 Å². The van der Waals surface area contributed by atoms with E-state index in [2.05, 4.69) is 124 Å². The molecule has 1 aliphatic rings. The number of aliphatic hydroxyl groups is 2. The summed E-state index contributed by atoms with van der Waals surface area (Å²) in [6.07, 6.45) is 55.9. The topological polar surface area (TPSA) is 175 Å². The van der Waals surface area contributed by atoms with Gasteiger partial charge in [-0.1, -0.05) is 186 Å². The van der Waals surface area contributed by atoms with Crippen molar-refractivity contribution < 1.29 is 58.2 Å². The average molecular weight is 1020 g/mol. The molecule has 0 aliphatic carbocycles. The molecule has 6 atom stereocenters. The third-order valence-electron chi connectivity index (χ3n) is 10.9. The van der Waals surface area contributed by atoms with E-state index in [1.165, 1.54) is 0 Å². The van der Waals surface area contributed by atoms with Crippen molar-refractivity contribution in [1.82, 2.24) is 0 Å². The Kier molecular flexibility index (Phi) is 42.8. The van der Waals surface area contributed by atoms with Gasteiger partial charge in [-0.3, -0.25) is 14.4 Å². The fourth-order valence-electron chi connectivity index (χ4n) is 6.94. The normalized spacial score (nSPS) is 19.5. The summed E-state index contributed by atoms with van der Waals surface area (Å²) in [5.41, 5.74) is 0. The monoisotopic (exact) mass is 1010 g/mol. The number of carboxylic acid groups (broad SMARTS) is 1. The van der Waals surface area contributed by atoms with E-state index in [0.717, 1.165) is 96.3 Å². The second-order valence-corrected chi connectivity index (χ2v) is 17.4. The van der Waals surface area contributed by atoms with Crippen molar-refractivity contribution in [1.29, 1.82) is 0 Å². The van der Waals surface area contributed by atoms with Crippen LogP contribution in [-0.2, 0) is 42.9 Å². The number of aliphatic hydroxyl groups excluding tert-OH is 2. The van der Waals surface area contributed by atoms with E-state index in [1.807, 2.05) is 36.5 Å². The van der Waals surface area contributed by atoms with Crippen molar-refractivity contribution in [3.63, 3.8) is 0 Å². The minimum Gasteiger partial charge on any atom is -0.479 e. The standard InChI is InChI=1S/C61H90O12/c1-4-7-10-13-16-19-22-25-27-30-32-35-38-41-44-47-53(62)69-50-52(71-54(63)48-45-42-39-36-34-31-28-26-23-20-17-14-11-8-5-2)51-70-61-59(57(66)56(65)58(73-61)60(67)68)72-55(64)49-46-43-40-37-33-29-24-21-18-15-12-9-6-3/h7-12,16-21,25-29,32-33,35,40-41,43-44,52,56-59,61,65-66H,4-6,13-15,22-24,30-31,34,36-39,42,45-51H2,1-3H3,(H,67,68)/b10-7-,11-8-,12-9-,19-16-,20-17-,21-18-,27-25-,28-26-,33-29-,35-32-,43-40-,44-41-. The summed E-state index contributed by atoms with van der Waals surface area (Å²) in [6, 6.07) is 0. The summed E-state index contributed by atoms with van der Waals surface area (Å²) >= 11 is 0. The van der Waals surface area contributed by atoms with E-state index in [4.69, 9.17) is 23.7 Å². The Bertz CT molecular complexity index is 1830. The van der Waals surface area contributed by atoms with E-state index >= 15 is 0 Å². The molecule has 0 amide bonds. The first-order chi connectivity index (χ1) is 35.6.